The van der Waals surface area contributed by atoms with Crippen molar-refractivity contribution in [3.05, 3.63) is 99.8 Å². The van der Waals surface area contributed by atoms with E-state index >= 15 is 0 Å². The highest BCUT2D eigenvalue weighted by Gasteiger charge is 2.44. The van der Waals surface area contributed by atoms with Crippen LogP contribution in [-0.2, 0) is 16.0 Å². The predicted octanol–water partition coefficient (Wildman–Crippen LogP) is 5.85. The normalized spacial score (nSPS) is 15.6. The van der Waals surface area contributed by atoms with Crippen LogP contribution in [0.2, 0.25) is 5.02 Å². The number of aromatic hydroxyl groups is 1. The van der Waals surface area contributed by atoms with E-state index in [4.69, 9.17) is 16.3 Å². The molecule has 4 rings (SSSR count). The molecule has 3 aromatic rings. The Hall–Kier alpha value is -3.77. The second kappa shape index (κ2) is 10.2. The average molecular weight is 492 g/mol. The van der Waals surface area contributed by atoms with Gasteiger partial charge in [-0.25, -0.2) is 0 Å². The van der Waals surface area contributed by atoms with Crippen molar-refractivity contribution >= 4 is 29.0 Å². The first-order valence-electron chi connectivity index (χ1n) is 11.4. The molecule has 0 radical (unpaired) electrons. The second-order valence-corrected chi connectivity index (χ2v) is 8.78. The largest absolute Gasteiger partial charge is 0.504 e. The molecule has 0 bridgehead atoms. The van der Waals surface area contributed by atoms with E-state index in [1.807, 2.05) is 30.3 Å². The molecule has 1 heterocycles. The highest BCUT2D eigenvalue weighted by Crippen LogP contribution is 2.44. The third kappa shape index (κ3) is 4.88. The number of phenolic OH excluding ortho intramolecular Hbond substituents is 1. The maximum Gasteiger partial charge on any atom is 0.294 e. The van der Waals surface area contributed by atoms with Crippen LogP contribution in [-0.4, -0.2) is 28.5 Å². The van der Waals surface area contributed by atoms with E-state index in [9.17, 15) is 19.8 Å². The zero-order valence-electron chi connectivity index (χ0n) is 19.5. The predicted molar refractivity (Wildman–Crippen MR) is 135 cm³/mol. The van der Waals surface area contributed by atoms with Gasteiger partial charge in [0, 0.05) is 17.1 Å². The summed E-state index contributed by atoms with van der Waals surface area (Å²) < 4.78 is 5.54. The molecule has 180 valence electrons. The van der Waals surface area contributed by atoms with E-state index in [0.29, 0.717) is 34.9 Å². The molecular formula is C28H26ClNO5. The number of nitrogens with zero attached hydrogens (tertiary/aromatic N) is 1. The fourth-order valence-electron chi connectivity index (χ4n) is 4.35. The number of aryl methyl sites for hydroxylation is 2. The first-order chi connectivity index (χ1) is 16.8. The molecule has 1 amide bonds. The van der Waals surface area contributed by atoms with Crippen LogP contribution in [0.15, 0.2) is 78.1 Å². The molecule has 7 heteroatoms. The Balaban J connectivity index is 1.79. The fourth-order valence-corrected chi connectivity index (χ4v) is 4.58. The second-order valence-electron chi connectivity index (χ2n) is 8.34. The average Bonchev–Trinajstić information content (AvgIpc) is 3.10. The number of hydrogen-bond donors (Lipinski definition) is 2. The Morgan fingerprint density at radius 3 is 2.49 bits per heavy atom. The van der Waals surface area contributed by atoms with Gasteiger partial charge in [-0.05, 0) is 67.3 Å². The van der Waals surface area contributed by atoms with Gasteiger partial charge < -0.3 is 14.9 Å². The van der Waals surface area contributed by atoms with Crippen LogP contribution in [0.4, 0.5) is 5.69 Å². The minimum atomic E-state index is -0.898. The molecule has 35 heavy (non-hydrogen) atoms. The minimum absolute atomic E-state index is 0.0217. The van der Waals surface area contributed by atoms with Crippen molar-refractivity contribution in [2.75, 3.05) is 11.5 Å². The molecule has 0 fully saturated rings. The Labute approximate surface area is 209 Å². The maximum absolute atomic E-state index is 13.5. The number of ketones is 1. The van der Waals surface area contributed by atoms with Crippen LogP contribution in [0.1, 0.15) is 36.1 Å². The van der Waals surface area contributed by atoms with Crippen molar-refractivity contribution in [2.45, 2.75) is 32.7 Å². The molecule has 1 aliphatic rings. The molecule has 1 aliphatic heterocycles. The number of phenols is 1. The van der Waals surface area contributed by atoms with Crippen molar-refractivity contribution < 1.29 is 24.5 Å². The molecule has 1 atom stereocenters. The summed E-state index contributed by atoms with van der Waals surface area (Å²) in [7, 11) is 0. The van der Waals surface area contributed by atoms with Crippen molar-refractivity contribution in [1.82, 2.24) is 0 Å². The molecule has 0 saturated carbocycles. The summed E-state index contributed by atoms with van der Waals surface area (Å²) in [6.45, 7) is 3.92. The van der Waals surface area contributed by atoms with Gasteiger partial charge in [0.15, 0.2) is 23.0 Å². The Kier molecular flexibility index (Phi) is 7.12. The lowest BCUT2D eigenvalue weighted by molar-refractivity contribution is -0.118. The Morgan fingerprint density at radius 2 is 1.80 bits per heavy atom. The van der Waals surface area contributed by atoms with Gasteiger partial charge in [-0.15, -0.1) is 0 Å². The third-order valence-electron chi connectivity index (χ3n) is 6.01. The van der Waals surface area contributed by atoms with Gasteiger partial charge in [0.05, 0.1) is 18.2 Å². The minimum Gasteiger partial charge on any atom is -0.504 e. The van der Waals surface area contributed by atoms with E-state index in [1.165, 1.54) is 11.0 Å². The van der Waals surface area contributed by atoms with E-state index in [-0.39, 0.29) is 29.3 Å². The number of carbonyl (C=O) groups is 2. The number of benzene rings is 3. The third-order valence-corrected chi connectivity index (χ3v) is 6.25. The van der Waals surface area contributed by atoms with Gasteiger partial charge in [-0.3, -0.25) is 14.5 Å². The molecule has 6 nitrogen and oxygen atoms in total. The Bertz CT molecular complexity index is 1300. The lowest BCUT2D eigenvalue weighted by Gasteiger charge is -2.28. The van der Waals surface area contributed by atoms with Gasteiger partial charge in [0.1, 0.15) is 0 Å². The van der Waals surface area contributed by atoms with Crippen LogP contribution in [0.25, 0.3) is 0 Å². The van der Waals surface area contributed by atoms with Crippen molar-refractivity contribution in [2.24, 2.45) is 0 Å². The SMILES string of the molecule is CCOc1cc(C2C(C(=O)CCc3ccccc3)=C(O)C(=O)N2c2ccc(Cl)cc2C)ccc1O. The summed E-state index contributed by atoms with van der Waals surface area (Å²) >= 11 is 6.13. The van der Waals surface area contributed by atoms with Crippen LogP contribution in [0.3, 0.4) is 0 Å². The molecule has 0 spiro atoms. The number of halogens is 1. The number of aliphatic hydroxyl groups is 1. The van der Waals surface area contributed by atoms with Gasteiger partial charge in [0.25, 0.3) is 5.91 Å². The molecule has 0 aromatic heterocycles. The zero-order valence-corrected chi connectivity index (χ0v) is 20.2. The van der Waals surface area contributed by atoms with Crippen LogP contribution >= 0.6 is 11.6 Å². The summed E-state index contributed by atoms with van der Waals surface area (Å²) in [4.78, 5) is 28.2. The van der Waals surface area contributed by atoms with Gasteiger partial charge >= 0.3 is 0 Å². The van der Waals surface area contributed by atoms with E-state index in [2.05, 4.69) is 0 Å². The molecule has 0 aliphatic carbocycles. The molecule has 0 saturated heterocycles. The highest BCUT2D eigenvalue weighted by atomic mass is 35.5. The summed E-state index contributed by atoms with van der Waals surface area (Å²) in [5, 5.41) is 21.6. The molecule has 2 N–H and O–H groups in total. The number of rotatable bonds is 8. The van der Waals surface area contributed by atoms with Gasteiger partial charge in [0.2, 0.25) is 0 Å². The standard InChI is InChI=1S/C28H26ClNO5/c1-3-35-24-16-19(10-14-22(24)31)26-25(23(32)13-9-18-7-5-4-6-8-18)27(33)28(34)30(26)21-12-11-20(29)15-17(21)2/h4-8,10-12,14-16,26,31,33H,3,9,13H2,1-2H3. The quantitative estimate of drug-likeness (QED) is 0.412. The summed E-state index contributed by atoms with van der Waals surface area (Å²) in [6, 6.07) is 18.4. The first-order valence-corrected chi connectivity index (χ1v) is 11.7. The van der Waals surface area contributed by atoms with Crippen molar-refractivity contribution in [3.63, 3.8) is 0 Å². The smallest absolute Gasteiger partial charge is 0.294 e. The summed E-state index contributed by atoms with van der Waals surface area (Å²) in [6.07, 6.45) is 0.591. The van der Waals surface area contributed by atoms with E-state index in [1.54, 1.807) is 44.2 Å². The van der Waals surface area contributed by atoms with Crippen LogP contribution in [0.5, 0.6) is 11.5 Å². The van der Waals surface area contributed by atoms with Crippen LogP contribution in [0, 0.1) is 6.92 Å². The number of anilines is 1. The highest BCUT2D eigenvalue weighted by molar-refractivity contribution is 6.30. The summed E-state index contributed by atoms with van der Waals surface area (Å²) in [5.41, 5.74) is 2.77. The number of ether oxygens (including phenoxy) is 1. The maximum atomic E-state index is 13.5. The van der Waals surface area contributed by atoms with Gasteiger partial charge in [-0.1, -0.05) is 48.0 Å². The van der Waals surface area contributed by atoms with Crippen LogP contribution < -0.4 is 9.64 Å². The number of aliphatic hydroxyl groups excluding tert-OH is 1. The first kappa shape index (κ1) is 24.4. The fraction of sp³-hybridized carbons (Fsp3) is 0.214. The van der Waals surface area contributed by atoms with E-state index < -0.39 is 17.7 Å². The molecular weight excluding hydrogens is 466 g/mol. The number of carbonyl (C=O) groups excluding carboxylic acids is 2. The van der Waals surface area contributed by atoms with Gasteiger partial charge in [-0.2, -0.15) is 0 Å². The van der Waals surface area contributed by atoms with Crippen molar-refractivity contribution in [3.8, 4) is 11.5 Å². The number of amides is 1. The van der Waals surface area contributed by atoms with E-state index in [0.717, 1.165) is 5.56 Å². The number of Topliss-reactive ketones (excluding diaryl/α,β-unsaturated/α-hetero) is 1. The van der Waals surface area contributed by atoms with Crippen molar-refractivity contribution in [1.29, 1.82) is 0 Å². The number of hydrogen-bond acceptors (Lipinski definition) is 5. The summed E-state index contributed by atoms with van der Waals surface area (Å²) in [5.74, 6) is -1.40. The topological polar surface area (TPSA) is 87.1 Å². The lowest BCUT2D eigenvalue weighted by Crippen LogP contribution is -2.31. The molecule has 1 unspecified atom stereocenters. The lowest BCUT2D eigenvalue weighted by atomic mass is 9.92. The zero-order chi connectivity index (χ0) is 25.1. The monoisotopic (exact) mass is 491 g/mol. The molecule has 3 aromatic carbocycles. The Morgan fingerprint density at radius 1 is 1.06 bits per heavy atom.